The van der Waals surface area contributed by atoms with Crippen LogP contribution < -0.4 is 21.1 Å². The third-order valence-corrected chi connectivity index (χ3v) is 5.69. The Morgan fingerprint density at radius 1 is 1.15 bits per heavy atom. The highest BCUT2D eigenvalue weighted by Gasteiger charge is 2.25. The van der Waals surface area contributed by atoms with Gasteiger partial charge in [-0.3, -0.25) is 9.59 Å². The van der Waals surface area contributed by atoms with Crippen LogP contribution in [0.3, 0.4) is 0 Å². The number of methoxy groups -OCH3 is 1. The second-order valence-electron chi connectivity index (χ2n) is 5.92. The quantitative estimate of drug-likeness (QED) is 0.699. The first-order chi connectivity index (χ1) is 12.5. The summed E-state index contributed by atoms with van der Waals surface area (Å²) in [6, 6.07) is 7.05. The molecule has 6 nitrogen and oxygen atoms in total. The molecular formula is C18H19N3O3S2. The number of anilines is 2. The van der Waals surface area contributed by atoms with Gasteiger partial charge in [0, 0.05) is 10.6 Å². The summed E-state index contributed by atoms with van der Waals surface area (Å²) in [5.41, 5.74) is 7.61. The van der Waals surface area contributed by atoms with E-state index in [-0.39, 0.29) is 4.99 Å². The molecule has 0 radical (unpaired) electrons. The number of aryl methyl sites for hydroxylation is 1. The summed E-state index contributed by atoms with van der Waals surface area (Å²) < 4.78 is 5.09. The van der Waals surface area contributed by atoms with E-state index in [9.17, 15) is 9.59 Å². The third-order valence-electron chi connectivity index (χ3n) is 4.20. The largest absolute Gasteiger partial charge is 0.497 e. The topological polar surface area (TPSA) is 93.4 Å². The lowest BCUT2D eigenvalue weighted by molar-refractivity contribution is -0.110. The van der Waals surface area contributed by atoms with Crippen molar-refractivity contribution in [3.63, 3.8) is 0 Å². The second kappa shape index (κ2) is 7.84. The van der Waals surface area contributed by atoms with Gasteiger partial charge < -0.3 is 21.1 Å². The van der Waals surface area contributed by atoms with Crippen molar-refractivity contribution in [2.45, 2.75) is 25.7 Å². The summed E-state index contributed by atoms with van der Waals surface area (Å²) in [6.45, 7) is 0. The van der Waals surface area contributed by atoms with Gasteiger partial charge in [0.1, 0.15) is 10.8 Å². The predicted molar refractivity (Wildman–Crippen MR) is 107 cm³/mol. The number of carbonyl (C=O) groups is 2. The van der Waals surface area contributed by atoms with E-state index in [2.05, 4.69) is 10.6 Å². The van der Waals surface area contributed by atoms with Crippen LogP contribution >= 0.6 is 23.6 Å². The van der Waals surface area contributed by atoms with E-state index in [1.165, 1.54) is 11.3 Å². The van der Waals surface area contributed by atoms with Crippen LogP contribution in [-0.4, -0.2) is 23.9 Å². The summed E-state index contributed by atoms with van der Waals surface area (Å²) in [6.07, 6.45) is 3.82. The van der Waals surface area contributed by atoms with Crippen LogP contribution in [0.4, 0.5) is 10.7 Å². The molecular weight excluding hydrogens is 370 g/mol. The summed E-state index contributed by atoms with van der Waals surface area (Å²) in [5, 5.41) is 6.10. The van der Waals surface area contributed by atoms with Gasteiger partial charge in [0.2, 0.25) is 0 Å². The van der Waals surface area contributed by atoms with Crippen LogP contribution in [-0.2, 0) is 17.6 Å². The zero-order chi connectivity index (χ0) is 18.7. The number of nitrogens with one attached hydrogen (secondary N) is 2. The van der Waals surface area contributed by atoms with Gasteiger partial charge in [-0.2, -0.15) is 0 Å². The van der Waals surface area contributed by atoms with Gasteiger partial charge in [0.25, 0.3) is 11.8 Å². The van der Waals surface area contributed by atoms with Crippen molar-refractivity contribution >= 4 is 51.0 Å². The summed E-state index contributed by atoms with van der Waals surface area (Å²) in [7, 11) is 1.58. The lowest BCUT2D eigenvalue weighted by atomic mass is 9.95. The van der Waals surface area contributed by atoms with Gasteiger partial charge in [-0.25, -0.2) is 0 Å². The SMILES string of the molecule is COc1ccc(NC(=S)C(=O)Nc2sc3c(c2C(N)=O)CCCC3)cc1. The van der Waals surface area contributed by atoms with Crippen molar-refractivity contribution in [2.24, 2.45) is 5.73 Å². The fourth-order valence-corrected chi connectivity index (χ4v) is 4.40. The molecule has 1 aromatic carbocycles. The molecule has 26 heavy (non-hydrogen) atoms. The van der Waals surface area contributed by atoms with Gasteiger partial charge in [-0.1, -0.05) is 12.2 Å². The number of primary amides is 1. The molecule has 8 heteroatoms. The van der Waals surface area contributed by atoms with Crippen molar-refractivity contribution in [1.82, 2.24) is 0 Å². The normalized spacial score (nSPS) is 12.8. The zero-order valence-electron chi connectivity index (χ0n) is 14.3. The van der Waals surface area contributed by atoms with E-state index in [0.29, 0.717) is 22.0 Å². The molecule has 0 aliphatic heterocycles. The molecule has 1 aromatic heterocycles. The minimum Gasteiger partial charge on any atom is -0.497 e. The maximum atomic E-state index is 12.4. The Morgan fingerprint density at radius 2 is 1.85 bits per heavy atom. The van der Waals surface area contributed by atoms with E-state index < -0.39 is 11.8 Å². The summed E-state index contributed by atoms with van der Waals surface area (Å²) in [4.78, 5) is 25.4. The number of benzene rings is 1. The van der Waals surface area contributed by atoms with Crippen molar-refractivity contribution in [3.05, 3.63) is 40.3 Å². The van der Waals surface area contributed by atoms with Gasteiger partial charge in [0.05, 0.1) is 12.7 Å². The molecule has 0 saturated carbocycles. The Balaban J connectivity index is 1.73. The van der Waals surface area contributed by atoms with E-state index in [1.807, 2.05) is 0 Å². The standard InChI is InChI=1S/C18H19N3O3S2/c1-24-11-8-6-10(7-9-11)20-17(25)16(23)21-18-14(15(19)22)12-4-2-3-5-13(12)26-18/h6-9H,2-5H2,1H3,(H2,19,22)(H,20,25)(H,21,23). The lowest BCUT2D eigenvalue weighted by Crippen LogP contribution is -2.28. The number of fused-ring (bicyclic) bond motifs is 1. The minimum absolute atomic E-state index is 0.0111. The molecule has 1 aliphatic carbocycles. The van der Waals surface area contributed by atoms with Crippen molar-refractivity contribution < 1.29 is 14.3 Å². The van der Waals surface area contributed by atoms with E-state index in [0.717, 1.165) is 36.1 Å². The van der Waals surface area contributed by atoms with Crippen LogP contribution in [0.2, 0.25) is 0 Å². The van der Waals surface area contributed by atoms with Gasteiger partial charge in [-0.05, 0) is 55.5 Å². The number of nitrogens with two attached hydrogens (primary N) is 1. The van der Waals surface area contributed by atoms with Crippen LogP contribution in [0.1, 0.15) is 33.6 Å². The maximum Gasteiger partial charge on any atom is 0.284 e. The number of carbonyl (C=O) groups excluding carboxylic acids is 2. The fourth-order valence-electron chi connectivity index (χ4n) is 2.94. The molecule has 4 N–H and O–H groups in total. The molecule has 0 atom stereocenters. The molecule has 2 aromatic rings. The Hall–Kier alpha value is -2.45. The van der Waals surface area contributed by atoms with E-state index in [1.54, 1.807) is 31.4 Å². The molecule has 0 fully saturated rings. The number of hydrogen-bond donors (Lipinski definition) is 3. The molecule has 0 spiro atoms. The average Bonchev–Trinajstić information content (AvgIpc) is 3.00. The summed E-state index contributed by atoms with van der Waals surface area (Å²) >= 11 is 6.58. The average molecular weight is 390 g/mol. The van der Waals surface area contributed by atoms with Gasteiger partial charge >= 0.3 is 0 Å². The number of thiocarbonyl (C=S) groups is 1. The number of thiophene rings is 1. The maximum absolute atomic E-state index is 12.4. The smallest absolute Gasteiger partial charge is 0.284 e. The zero-order valence-corrected chi connectivity index (χ0v) is 15.9. The molecule has 0 bridgehead atoms. The predicted octanol–water partition coefficient (Wildman–Crippen LogP) is 3.11. The molecule has 2 amide bonds. The third kappa shape index (κ3) is 3.86. The molecule has 3 rings (SSSR count). The fraction of sp³-hybridized carbons (Fsp3) is 0.278. The lowest BCUT2D eigenvalue weighted by Gasteiger charge is -2.11. The molecule has 0 saturated heterocycles. The van der Waals surface area contributed by atoms with E-state index in [4.69, 9.17) is 22.7 Å². The van der Waals surface area contributed by atoms with E-state index >= 15 is 0 Å². The Labute approximate surface area is 160 Å². The molecule has 1 heterocycles. The van der Waals surface area contributed by atoms with Crippen LogP contribution in [0.5, 0.6) is 5.75 Å². The number of ether oxygens (including phenoxy) is 1. The van der Waals surface area contributed by atoms with Crippen LogP contribution in [0.15, 0.2) is 24.3 Å². The molecule has 0 unspecified atom stereocenters. The summed E-state index contributed by atoms with van der Waals surface area (Å²) in [5.74, 6) is -0.285. The van der Waals surface area contributed by atoms with Gasteiger partial charge in [-0.15, -0.1) is 11.3 Å². The van der Waals surface area contributed by atoms with Crippen molar-refractivity contribution in [2.75, 3.05) is 17.7 Å². The Kier molecular flexibility index (Phi) is 5.53. The first kappa shape index (κ1) is 18.3. The number of rotatable bonds is 4. The second-order valence-corrected chi connectivity index (χ2v) is 7.43. The minimum atomic E-state index is -0.520. The van der Waals surface area contributed by atoms with Crippen LogP contribution in [0, 0.1) is 0 Å². The first-order valence-corrected chi connectivity index (χ1v) is 9.42. The Morgan fingerprint density at radius 3 is 2.50 bits per heavy atom. The van der Waals surface area contributed by atoms with Crippen molar-refractivity contribution in [1.29, 1.82) is 0 Å². The highest BCUT2D eigenvalue weighted by atomic mass is 32.1. The molecule has 1 aliphatic rings. The van der Waals surface area contributed by atoms with Crippen LogP contribution in [0.25, 0.3) is 0 Å². The highest BCUT2D eigenvalue weighted by Crippen LogP contribution is 2.37. The number of hydrogen-bond acceptors (Lipinski definition) is 5. The molecule has 136 valence electrons. The first-order valence-electron chi connectivity index (χ1n) is 8.20. The highest BCUT2D eigenvalue weighted by molar-refractivity contribution is 7.82. The van der Waals surface area contributed by atoms with Crippen molar-refractivity contribution in [3.8, 4) is 5.75 Å². The monoisotopic (exact) mass is 389 g/mol. The Bertz CT molecular complexity index is 859. The van der Waals surface area contributed by atoms with Gasteiger partial charge in [0.15, 0.2) is 4.99 Å². The number of amides is 2.